The average molecular weight is 330 g/mol. The first kappa shape index (κ1) is 16.6. The summed E-state index contributed by atoms with van der Waals surface area (Å²) in [6, 6.07) is 12.5. The van der Waals surface area contributed by atoms with Crippen LogP contribution >= 0.6 is 0 Å². The SMILES string of the molecule is CCOc1cccc(CN2CCN(c3ccccc3F)CC2)c1O. The molecular weight excluding hydrogens is 307 g/mol. The number of piperazine rings is 1. The highest BCUT2D eigenvalue weighted by molar-refractivity contribution is 5.48. The van der Waals surface area contributed by atoms with E-state index in [1.807, 2.05) is 31.2 Å². The minimum atomic E-state index is -0.173. The Balaban J connectivity index is 1.62. The Morgan fingerprint density at radius 2 is 1.79 bits per heavy atom. The Kier molecular flexibility index (Phi) is 5.20. The van der Waals surface area contributed by atoms with E-state index >= 15 is 0 Å². The van der Waals surface area contributed by atoms with E-state index in [2.05, 4.69) is 9.80 Å². The summed E-state index contributed by atoms with van der Waals surface area (Å²) in [6.45, 7) is 6.28. The van der Waals surface area contributed by atoms with Crippen molar-refractivity contribution in [2.75, 3.05) is 37.7 Å². The van der Waals surface area contributed by atoms with Gasteiger partial charge in [-0.2, -0.15) is 0 Å². The lowest BCUT2D eigenvalue weighted by atomic mass is 10.1. The van der Waals surface area contributed by atoms with Gasteiger partial charge in [-0.3, -0.25) is 4.90 Å². The molecule has 1 N–H and O–H groups in total. The van der Waals surface area contributed by atoms with E-state index in [1.165, 1.54) is 6.07 Å². The quantitative estimate of drug-likeness (QED) is 0.913. The number of ether oxygens (including phenoxy) is 1. The van der Waals surface area contributed by atoms with Crippen LogP contribution in [0.3, 0.4) is 0 Å². The van der Waals surface area contributed by atoms with Crippen molar-refractivity contribution in [1.82, 2.24) is 4.90 Å². The van der Waals surface area contributed by atoms with Crippen molar-refractivity contribution in [1.29, 1.82) is 0 Å². The number of hydrogen-bond acceptors (Lipinski definition) is 4. The summed E-state index contributed by atoms with van der Waals surface area (Å²) in [5.41, 5.74) is 1.53. The Morgan fingerprint density at radius 1 is 1.04 bits per heavy atom. The van der Waals surface area contributed by atoms with Crippen LogP contribution in [0.25, 0.3) is 0 Å². The molecule has 1 saturated heterocycles. The molecule has 5 heteroatoms. The van der Waals surface area contributed by atoms with Crippen molar-refractivity contribution in [3.63, 3.8) is 0 Å². The van der Waals surface area contributed by atoms with Gasteiger partial charge < -0.3 is 14.7 Å². The first-order valence-electron chi connectivity index (χ1n) is 8.34. The van der Waals surface area contributed by atoms with Crippen LogP contribution < -0.4 is 9.64 Å². The van der Waals surface area contributed by atoms with Gasteiger partial charge in [0.2, 0.25) is 0 Å². The molecule has 1 fully saturated rings. The van der Waals surface area contributed by atoms with E-state index in [0.717, 1.165) is 31.7 Å². The van der Waals surface area contributed by atoms with Crippen molar-refractivity contribution in [3.05, 3.63) is 53.8 Å². The van der Waals surface area contributed by atoms with E-state index in [9.17, 15) is 9.50 Å². The summed E-state index contributed by atoms with van der Waals surface area (Å²) in [4.78, 5) is 4.34. The molecule has 1 aliphatic heterocycles. The van der Waals surface area contributed by atoms with Gasteiger partial charge in [0.05, 0.1) is 12.3 Å². The third-order valence-corrected chi connectivity index (χ3v) is 4.34. The number of para-hydroxylation sites is 2. The van der Waals surface area contributed by atoms with Gasteiger partial charge in [-0.1, -0.05) is 24.3 Å². The Labute approximate surface area is 142 Å². The topological polar surface area (TPSA) is 35.9 Å². The lowest BCUT2D eigenvalue weighted by Gasteiger charge is -2.36. The Morgan fingerprint density at radius 3 is 2.50 bits per heavy atom. The van der Waals surface area contributed by atoms with Gasteiger partial charge in [0.25, 0.3) is 0 Å². The van der Waals surface area contributed by atoms with Gasteiger partial charge in [0.15, 0.2) is 11.5 Å². The lowest BCUT2D eigenvalue weighted by molar-refractivity contribution is 0.244. The van der Waals surface area contributed by atoms with Gasteiger partial charge in [-0.15, -0.1) is 0 Å². The lowest BCUT2D eigenvalue weighted by Crippen LogP contribution is -2.46. The summed E-state index contributed by atoms with van der Waals surface area (Å²) >= 11 is 0. The molecule has 0 atom stereocenters. The fraction of sp³-hybridized carbons (Fsp3) is 0.368. The fourth-order valence-corrected chi connectivity index (χ4v) is 3.06. The van der Waals surface area contributed by atoms with Crippen molar-refractivity contribution >= 4 is 5.69 Å². The second kappa shape index (κ2) is 7.53. The number of phenolic OH excluding ortho intramolecular Hbond substituents is 1. The molecule has 0 aromatic heterocycles. The molecule has 0 spiro atoms. The number of nitrogens with zero attached hydrogens (tertiary/aromatic N) is 2. The number of hydrogen-bond donors (Lipinski definition) is 1. The van der Waals surface area contributed by atoms with Gasteiger partial charge >= 0.3 is 0 Å². The van der Waals surface area contributed by atoms with E-state index in [4.69, 9.17) is 4.74 Å². The normalized spacial score (nSPS) is 15.5. The van der Waals surface area contributed by atoms with Crippen LogP contribution in [0.1, 0.15) is 12.5 Å². The largest absolute Gasteiger partial charge is 0.504 e. The standard InChI is InChI=1S/C19H23FN2O2/c1-2-24-18-9-5-6-15(19(18)23)14-21-10-12-22(13-11-21)17-8-4-3-7-16(17)20/h3-9,23H,2,10-14H2,1H3. The second-order valence-electron chi connectivity index (χ2n) is 5.91. The first-order chi connectivity index (χ1) is 11.7. The summed E-state index contributed by atoms with van der Waals surface area (Å²) in [5, 5.41) is 10.3. The van der Waals surface area contributed by atoms with Crippen molar-refractivity contribution in [2.45, 2.75) is 13.5 Å². The molecule has 4 nitrogen and oxygen atoms in total. The van der Waals surface area contributed by atoms with Gasteiger partial charge in [0.1, 0.15) is 5.82 Å². The maximum atomic E-state index is 13.9. The monoisotopic (exact) mass is 330 g/mol. The smallest absolute Gasteiger partial charge is 0.162 e. The van der Waals surface area contributed by atoms with Crippen molar-refractivity contribution in [3.8, 4) is 11.5 Å². The maximum Gasteiger partial charge on any atom is 0.162 e. The van der Waals surface area contributed by atoms with E-state index in [-0.39, 0.29) is 11.6 Å². The van der Waals surface area contributed by atoms with E-state index in [0.29, 0.717) is 24.6 Å². The fourth-order valence-electron chi connectivity index (χ4n) is 3.06. The van der Waals surface area contributed by atoms with Gasteiger partial charge in [-0.05, 0) is 25.1 Å². The average Bonchev–Trinajstić information content (AvgIpc) is 2.60. The number of rotatable bonds is 5. The molecule has 128 valence electrons. The maximum absolute atomic E-state index is 13.9. The van der Waals surface area contributed by atoms with Crippen LogP contribution in [0.2, 0.25) is 0 Å². The number of anilines is 1. The highest BCUT2D eigenvalue weighted by atomic mass is 19.1. The summed E-state index contributed by atoms with van der Waals surface area (Å²) in [6.07, 6.45) is 0. The molecule has 0 unspecified atom stereocenters. The number of phenols is 1. The Bertz CT molecular complexity index is 685. The molecule has 1 aliphatic rings. The number of halogens is 1. The van der Waals surface area contributed by atoms with Crippen LogP contribution in [-0.2, 0) is 6.54 Å². The molecule has 3 rings (SSSR count). The number of benzene rings is 2. The summed E-state index contributed by atoms with van der Waals surface area (Å²) in [7, 11) is 0. The number of aromatic hydroxyl groups is 1. The second-order valence-corrected chi connectivity index (χ2v) is 5.91. The summed E-state index contributed by atoms with van der Waals surface area (Å²) < 4.78 is 19.3. The molecular formula is C19H23FN2O2. The molecule has 24 heavy (non-hydrogen) atoms. The van der Waals surface area contributed by atoms with E-state index in [1.54, 1.807) is 12.1 Å². The third-order valence-electron chi connectivity index (χ3n) is 4.34. The molecule has 1 heterocycles. The van der Waals surface area contributed by atoms with Crippen LogP contribution in [0.5, 0.6) is 11.5 Å². The van der Waals surface area contributed by atoms with Gasteiger partial charge in [-0.25, -0.2) is 4.39 Å². The molecule has 0 saturated carbocycles. The molecule has 2 aromatic carbocycles. The minimum absolute atomic E-state index is 0.173. The predicted molar refractivity (Wildman–Crippen MR) is 93.2 cm³/mol. The van der Waals surface area contributed by atoms with Crippen LogP contribution in [-0.4, -0.2) is 42.8 Å². The minimum Gasteiger partial charge on any atom is -0.504 e. The first-order valence-corrected chi connectivity index (χ1v) is 8.34. The van der Waals surface area contributed by atoms with Crippen LogP contribution in [0, 0.1) is 5.82 Å². The molecule has 0 bridgehead atoms. The van der Waals surface area contributed by atoms with Crippen LogP contribution in [0.4, 0.5) is 10.1 Å². The van der Waals surface area contributed by atoms with Gasteiger partial charge in [0, 0.05) is 38.3 Å². The third kappa shape index (κ3) is 3.62. The molecule has 0 amide bonds. The zero-order valence-electron chi connectivity index (χ0n) is 13.9. The van der Waals surface area contributed by atoms with Crippen molar-refractivity contribution in [2.24, 2.45) is 0 Å². The van der Waals surface area contributed by atoms with Crippen molar-refractivity contribution < 1.29 is 14.2 Å². The van der Waals surface area contributed by atoms with E-state index < -0.39 is 0 Å². The Hall–Kier alpha value is -2.27. The molecule has 2 aromatic rings. The highest BCUT2D eigenvalue weighted by Crippen LogP contribution is 2.31. The zero-order valence-corrected chi connectivity index (χ0v) is 13.9. The predicted octanol–water partition coefficient (Wildman–Crippen LogP) is 3.25. The zero-order chi connectivity index (χ0) is 16.9. The molecule has 0 radical (unpaired) electrons. The van der Waals surface area contributed by atoms with Crippen LogP contribution in [0.15, 0.2) is 42.5 Å². The summed E-state index contributed by atoms with van der Waals surface area (Å²) in [5.74, 6) is 0.573. The highest BCUT2D eigenvalue weighted by Gasteiger charge is 2.20. The molecule has 0 aliphatic carbocycles.